The summed E-state index contributed by atoms with van der Waals surface area (Å²) in [5.74, 6) is -0.145. The first-order valence-corrected chi connectivity index (χ1v) is 8.16. The molecule has 0 N–H and O–H groups in total. The molecule has 1 amide bonds. The lowest BCUT2D eigenvalue weighted by Gasteiger charge is -2.27. The summed E-state index contributed by atoms with van der Waals surface area (Å²) in [6.45, 7) is 3.94. The van der Waals surface area contributed by atoms with E-state index in [1.807, 2.05) is 37.3 Å². The number of aromatic nitrogens is 1. The zero-order valence-corrected chi connectivity index (χ0v) is 14.1. The largest absolute Gasteiger partial charge is 0.378 e. The van der Waals surface area contributed by atoms with Crippen LogP contribution in [0, 0.1) is 18.3 Å². The molecule has 0 bridgehead atoms. The van der Waals surface area contributed by atoms with E-state index in [1.54, 1.807) is 11.0 Å². The Bertz CT molecular complexity index is 872. The molecular formula is C19H19N3O3. The third kappa shape index (κ3) is 3.62. The maximum Gasteiger partial charge on any atom is 0.269 e. The van der Waals surface area contributed by atoms with Crippen LogP contribution in [0.1, 0.15) is 11.1 Å². The summed E-state index contributed by atoms with van der Waals surface area (Å²) in [4.78, 5) is 26.9. The van der Waals surface area contributed by atoms with E-state index in [0.29, 0.717) is 32.0 Å². The maximum atomic E-state index is 12.6. The molecule has 3 rings (SSSR count). The molecule has 1 aromatic heterocycles. The fourth-order valence-corrected chi connectivity index (χ4v) is 2.84. The molecule has 0 aliphatic carbocycles. The van der Waals surface area contributed by atoms with Crippen molar-refractivity contribution in [2.24, 2.45) is 0 Å². The molecule has 0 spiro atoms. The van der Waals surface area contributed by atoms with Gasteiger partial charge in [-0.2, -0.15) is 5.26 Å². The van der Waals surface area contributed by atoms with Gasteiger partial charge < -0.3 is 9.64 Å². The fraction of sp³-hybridized carbons (Fsp3) is 0.316. The Morgan fingerprint density at radius 1 is 1.16 bits per heavy atom. The zero-order valence-electron chi connectivity index (χ0n) is 14.1. The second kappa shape index (κ2) is 7.32. The molecule has 6 heteroatoms. The number of ether oxygens (including phenoxy) is 1. The van der Waals surface area contributed by atoms with Gasteiger partial charge in [-0.05, 0) is 24.6 Å². The quantitative estimate of drug-likeness (QED) is 0.852. The van der Waals surface area contributed by atoms with E-state index in [1.165, 1.54) is 10.6 Å². The average molecular weight is 337 g/mol. The van der Waals surface area contributed by atoms with Crippen LogP contribution in [-0.4, -0.2) is 41.7 Å². The van der Waals surface area contributed by atoms with Crippen molar-refractivity contribution in [1.82, 2.24) is 9.47 Å². The molecule has 25 heavy (non-hydrogen) atoms. The van der Waals surface area contributed by atoms with Crippen LogP contribution < -0.4 is 5.56 Å². The molecule has 2 aromatic rings. The Hall–Kier alpha value is -2.91. The van der Waals surface area contributed by atoms with E-state index in [2.05, 4.69) is 0 Å². The van der Waals surface area contributed by atoms with Crippen LogP contribution in [0.2, 0.25) is 0 Å². The monoisotopic (exact) mass is 337 g/mol. The molecular weight excluding hydrogens is 318 g/mol. The highest BCUT2D eigenvalue weighted by atomic mass is 16.5. The highest BCUT2D eigenvalue weighted by Gasteiger charge is 2.20. The SMILES string of the molecule is Cc1ccc(-c2ccc(C#N)c(=O)n2CC(=O)N2CCOCC2)cc1. The van der Waals surface area contributed by atoms with Gasteiger partial charge >= 0.3 is 0 Å². The summed E-state index contributed by atoms with van der Waals surface area (Å²) in [5.41, 5.74) is 2.16. The van der Waals surface area contributed by atoms with Crippen molar-refractivity contribution < 1.29 is 9.53 Å². The molecule has 128 valence electrons. The van der Waals surface area contributed by atoms with Gasteiger partial charge in [0.25, 0.3) is 5.56 Å². The third-order valence-corrected chi connectivity index (χ3v) is 4.30. The number of pyridine rings is 1. The number of benzene rings is 1. The van der Waals surface area contributed by atoms with E-state index >= 15 is 0 Å². The molecule has 1 aliphatic rings. The van der Waals surface area contributed by atoms with Gasteiger partial charge in [-0.25, -0.2) is 0 Å². The summed E-state index contributed by atoms with van der Waals surface area (Å²) >= 11 is 0. The lowest BCUT2D eigenvalue weighted by atomic mass is 10.1. The van der Waals surface area contributed by atoms with Crippen LogP contribution in [0.25, 0.3) is 11.3 Å². The minimum absolute atomic E-state index is 0.0330. The maximum absolute atomic E-state index is 12.6. The predicted molar refractivity (Wildman–Crippen MR) is 93.0 cm³/mol. The van der Waals surface area contributed by atoms with Crippen LogP contribution >= 0.6 is 0 Å². The molecule has 1 aromatic carbocycles. The predicted octanol–water partition coefficient (Wildman–Crippen LogP) is 1.55. The number of morpholine rings is 1. The Kier molecular flexibility index (Phi) is 4.96. The number of nitriles is 1. The van der Waals surface area contributed by atoms with E-state index < -0.39 is 5.56 Å². The van der Waals surface area contributed by atoms with Crippen molar-refractivity contribution in [3.63, 3.8) is 0 Å². The van der Waals surface area contributed by atoms with E-state index in [0.717, 1.165) is 11.1 Å². The Balaban J connectivity index is 2.00. The third-order valence-electron chi connectivity index (χ3n) is 4.30. The second-order valence-electron chi connectivity index (χ2n) is 5.99. The number of nitrogens with zero attached hydrogens (tertiary/aromatic N) is 3. The molecule has 0 radical (unpaired) electrons. The molecule has 0 unspecified atom stereocenters. The van der Waals surface area contributed by atoms with Crippen molar-refractivity contribution in [2.45, 2.75) is 13.5 Å². The molecule has 1 saturated heterocycles. The van der Waals surface area contributed by atoms with Crippen LogP contribution in [0.3, 0.4) is 0 Å². The van der Waals surface area contributed by atoms with Crippen molar-refractivity contribution in [2.75, 3.05) is 26.3 Å². The lowest BCUT2D eigenvalue weighted by Crippen LogP contribution is -2.43. The Morgan fingerprint density at radius 3 is 2.48 bits per heavy atom. The average Bonchev–Trinajstić information content (AvgIpc) is 2.65. The van der Waals surface area contributed by atoms with Gasteiger partial charge in [0, 0.05) is 13.1 Å². The number of carbonyl (C=O) groups excluding carboxylic acids is 1. The van der Waals surface area contributed by atoms with Crippen LogP contribution in [-0.2, 0) is 16.1 Å². The fourth-order valence-electron chi connectivity index (χ4n) is 2.84. The lowest BCUT2D eigenvalue weighted by molar-refractivity contribution is -0.135. The number of amides is 1. The van der Waals surface area contributed by atoms with E-state index in [-0.39, 0.29) is 18.0 Å². The summed E-state index contributed by atoms with van der Waals surface area (Å²) in [5, 5.41) is 9.15. The van der Waals surface area contributed by atoms with Gasteiger partial charge in [0.1, 0.15) is 18.2 Å². The molecule has 1 fully saturated rings. The Morgan fingerprint density at radius 2 is 1.84 bits per heavy atom. The van der Waals surface area contributed by atoms with Crippen LogP contribution in [0.15, 0.2) is 41.2 Å². The second-order valence-corrected chi connectivity index (χ2v) is 5.99. The van der Waals surface area contributed by atoms with Crippen molar-refractivity contribution in [1.29, 1.82) is 5.26 Å². The summed E-state index contributed by atoms with van der Waals surface area (Å²) in [6.07, 6.45) is 0. The topological polar surface area (TPSA) is 75.3 Å². The van der Waals surface area contributed by atoms with E-state index in [4.69, 9.17) is 10.00 Å². The number of rotatable bonds is 3. The molecule has 0 atom stereocenters. The van der Waals surface area contributed by atoms with Crippen LogP contribution in [0.5, 0.6) is 0 Å². The summed E-state index contributed by atoms with van der Waals surface area (Å²) in [6, 6.07) is 12.8. The van der Waals surface area contributed by atoms with Gasteiger partial charge in [0.2, 0.25) is 5.91 Å². The Labute approximate surface area is 145 Å². The van der Waals surface area contributed by atoms with E-state index in [9.17, 15) is 9.59 Å². The number of hydrogen-bond acceptors (Lipinski definition) is 4. The van der Waals surface area contributed by atoms with Crippen LogP contribution in [0.4, 0.5) is 0 Å². The first kappa shape index (κ1) is 16.9. The zero-order chi connectivity index (χ0) is 17.8. The van der Waals surface area contributed by atoms with Crippen molar-refractivity contribution in [3.05, 3.63) is 57.9 Å². The smallest absolute Gasteiger partial charge is 0.269 e. The number of hydrogen-bond donors (Lipinski definition) is 0. The number of aryl methyl sites for hydroxylation is 1. The van der Waals surface area contributed by atoms with Crippen molar-refractivity contribution in [3.8, 4) is 17.3 Å². The van der Waals surface area contributed by atoms with Gasteiger partial charge in [0.05, 0.1) is 18.9 Å². The minimum atomic E-state index is -0.442. The molecule has 1 aliphatic heterocycles. The summed E-state index contributed by atoms with van der Waals surface area (Å²) < 4.78 is 6.65. The normalized spacial score (nSPS) is 14.2. The minimum Gasteiger partial charge on any atom is -0.378 e. The van der Waals surface area contributed by atoms with Crippen molar-refractivity contribution >= 4 is 5.91 Å². The number of carbonyl (C=O) groups is 1. The van der Waals surface area contributed by atoms with Gasteiger partial charge in [-0.15, -0.1) is 0 Å². The van der Waals surface area contributed by atoms with Gasteiger partial charge in [0.15, 0.2) is 0 Å². The molecule has 0 saturated carbocycles. The first-order chi connectivity index (χ1) is 12.1. The first-order valence-electron chi connectivity index (χ1n) is 8.16. The molecule has 2 heterocycles. The summed E-state index contributed by atoms with van der Waals surface area (Å²) in [7, 11) is 0. The van der Waals surface area contributed by atoms with Gasteiger partial charge in [-0.3, -0.25) is 14.2 Å². The standard InChI is InChI=1S/C19H19N3O3/c1-14-2-4-15(5-3-14)17-7-6-16(12-20)19(24)22(17)13-18(23)21-8-10-25-11-9-21/h2-7H,8-11,13H2,1H3. The molecule has 6 nitrogen and oxygen atoms in total. The highest BCUT2D eigenvalue weighted by molar-refractivity contribution is 5.77. The van der Waals surface area contributed by atoms with Gasteiger partial charge in [-0.1, -0.05) is 29.8 Å². The highest BCUT2D eigenvalue weighted by Crippen LogP contribution is 2.19.